The third-order valence-corrected chi connectivity index (χ3v) is 5.28. The van der Waals surface area contributed by atoms with Gasteiger partial charge in [-0.3, -0.25) is 0 Å². The lowest BCUT2D eigenvalue weighted by Gasteiger charge is -2.11. The molecule has 30 heavy (non-hydrogen) atoms. The highest BCUT2D eigenvalue weighted by Crippen LogP contribution is 2.38. The molecule has 5 nitrogen and oxygen atoms in total. The molecule has 4 aromatic rings. The quantitative estimate of drug-likeness (QED) is 0.368. The number of aromatic hydroxyl groups is 1. The molecule has 0 aliphatic rings. The van der Waals surface area contributed by atoms with Gasteiger partial charge in [0.1, 0.15) is 18.2 Å². The van der Waals surface area contributed by atoms with Crippen molar-refractivity contribution < 1.29 is 23.8 Å². The van der Waals surface area contributed by atoms with Crippen LogP contribution >= 0.6 is 0 Å². The zero-order chi connectivity index (χ0) is 21.3. The Labute approximate surface area is 173 Å². The average molecular weight is 407 g/mol. The Balaban J connectivity index is 1.94. The SMILES string of the molecule is COCCOC(=O)c1c(C)n(Cc2ccc(F)cc2)c2c1cc(O)c1ccccc12. The molecule has 0 atom stereocenters. The van der Waals surface area contributed by atoms with Crippen LogP contribution in [0.1, 0.15) is 21.6 Å². The molecule has 0 saturated heterocycles. The monoisotopic (exact) mass is 407 g/mol. The van der Waals surface area contributed by atoms with Crippen LogP contribution < -0.4 is 0 Å². The summed E-state index contributed by atoms with van der Waals surface area (Å²) >= 11 is 0. The van der Waals surface area contributed by atoms with Gasteiger partial charge in [-0.05, 0) is 30.7 Å². The summed E-state index contributed by atoms with van der Waals surface area (Å²) < 4.78 is 25.7. The van der Waals surface area contributed by atoms with Crippen molar-refractivity contribution in [1.29, 1.82) is 0 Å². The first kappa shape index (κ1) is 19.9. The highest BCUT2D eigenvalue weighted by Gasteiger charge is 2.24. The topological polar surface area (TPSA) is 60.7 Å². The van der Waals surface area contributed by atoms with Crippen molar-refractivity contribution in [3.05, 3.63) is 77.2 Å². The molecule has 1 aromatic heterocycles. The van der Waals surface area contributed by atoms with Gasteiger partial charge in [-0.1, -0.05) is 36.4 Å². The number of methoxy groups -OCH3 is 1. The zero-order valence-electron chi connectivity index (χ0n) is 16.8. The third kappa shape index (κ3) is 3.50. The minimum atomic E-state index is -0.470. The predicted octanol–water partition coefficient (Wildman–Crippen LogP) is 4.80. The molecule has 6 heteroatoms. The number of fused-ring (bicyclic) bond motifs is 3. The highest BCUT2D eigenvalue weighted by molar-refractivity contribution is 6.16. The van der Waals surface area contributed by atoms with Gasteiger partial charge in [0.2, 0.25) is 0 Å². The average Bonchev–Trinajstić information content (AvgIpc) is 3.01. The molecule has 4 rings (SSSR count). The van der Waals surface area contributed by atoms with Gasteiger partial charge in [-0.25, -0.2) is 9.18 Å². The van der Waals surface area contributed by atoms with E-state index in [0.717, 1.165) is 16.5 Å². The van der Waals surface area contributed by atoms with Gasteiger partial charge in [0.15, 0.2) is 0 Å². The second-order valence-electron chi connectivity index (χ2n) is 7.14. The number of esters is 1. The summed E-state index contributed by atoms with van der Waals surface area (Å²) in [6.45, 7) is 2.73. The number of hydrogen-bond acceptors (Lipinski definition) is 4. The Morgan fingerprint density at radius 3 is 2.43 bits per heavy atom. The number of carbonyl (C=O) groups excluding carboxylic acids is 1. The van der Waals surface area contributed by atoms with Gasteiger partial charge < -0.3 is 19.1 Å². The summed E-state index contributed by atoms with van der Waals surface area (Å²) in [5.41, 5.74) is 2.84. The summed E-state index contributed by atoms with van der Waals surface area (Å²) in [6.07, 6.45) is 0. The van der Waals surface area contributed by atoms with Gasteiger partial charge in [0.05, 0.1) is 17.7 Å². The Kier molecular flexibility index (Phi) is 5.42. The molecule has 3 aromatic carbocycles. The van der Waals surface area contributed by atoms with Crippen LogP contribution in [-0.2, 0) is 16.0 Å². The fourth-order valence-electron chi connectivity index (χ4n) is 3.84. The minimum absolute atomic E-state index is 0.1000. The molecule has 0 unspecified atom stereocenters. The Morgan fingerprint density at radius 2 is 1.73 bits per heavy atom. The highest BCUT2D eigenvalue weighted by atomic mass is 19.1. The van der Waals surface area contributed by atoms with Crippen LogP contribution in [0, 0.1) is 12.7 Å². The van der Waals surface area contributed by atoms with Crippen LogP contribution in [-0.4, -0.2) is 36.0 Å². The van der Waals surface area contributed by atoms with Crippen molar-refractivity contribution in [3.63, 3.8) is 0 Å². The second kappa shape index (κ2) is 8.16. The molecule has 0 radical (unpaired) electrons. The zero-order valence-corrected chi connectivity index (χ0v) is 16.8. The number of hydrogen-bond donors (Lipinski definition) is 1. The van der Waals surface area contributed by atoms with Crippen molar-refractivity contribution in [3.8, 4) is 5.75 Å². The summed E-state index contributed by atoms with van der Waals surface area (Å²) in [5, 5.41) is 12.7. The molecule has 0 aliphatic heterocycles. The standard InChI is InChI=1S/C24H22FNO4/c1-15-22(24(28)30-12-11-29-2)20-13-21(27)18-5-3-4-6-19(18)23(20)26(15)14-16-7-9-17(25)10-8-16/h3-10,13,27H,11-12,14H2,1-2H3. The van der Waals surface area contributed by atoms with E-state index in [4.69, 9.17) is 9.47 Å². The lowest BCUT2D eigenvalue weighted by Crippen LogP contribution is -2.11. The van der Waals surface area contributed by atoms with Crippen LogP contribution in [0.15, 0.2) is 54.6 Å². The van der Waals surface area contributed by atoms with Crippen molar-refractivity contribution >= 4 is 27.6 Å². The Bertz CT molecular complexity index is 1230. The largest absolute Gasteiger partial charge is 0.507 e. The van der Waals surface area contributed by atoms with Crippen molar-refractivity contribution in [1.82, 2.24) is 4.57 Å². The maximum Gasteiger partial charge on any atom is 0.340 e. The molecule has 0 bridgehead atoms. The number of halogens is 1. The summed E-state index contributed by atoms with van der Waals surface area (Å²) in [7, 11) is 1.54. The van der Waals surface area contributed by atoms with Crippen LogP contribution in [0.4, 0.5) is 4.39 Å². The van der Waals surface area contributed by atoms with Crippen LogP contribution in [0.5, 0.6) is 5.75 Å². The first-order chi connectivity index (χ1) is 14.5. The second-order valence-corrected chi connectivity index (χ2v) is 7.14. The van der Waals surface area contributed by atoms with E-state index in [1.54, 1.807) is 18.2 Å². The fourth-order valence-corrected chi connectivity index (χ4v) is 3.84. The van der Waals surface area contributed by atoms with Gasteiger partial charge >= 0.3 is 5.97 Å². The summed E-state index contributed by atoms with van der Waals surface area (Å²) in [6, 6.07) is 15.4. The fraction of sp³-hybridized carbons (Fsp3) is 0.208. The molecule has 0 saturated carbocycles. The van der Waals surface area contributed by atoms with E-state index in [-0.39, 0.29) is 18.2 Å². The molecule has 0 spiro atoms. The van der Waals surface area contributed by atoms with E-state index < -0.39 is 5.97 Å². The van der Waals surface area contributed by atoms with E-state index in [1.807, 2.05) is 35.8 Å². The third-order valence-electron chi connectivity index (χ3n) is 5.28. The Morgan fingerprint density at radius 1 is 1.03 bits per heavy atom. The van der Waals surface area contributed by atoms with Gasteiger partial charge in [0, 0.05) is 35.5 Å². The number of carbonyl (C=O) groups is 1. The van der Waals surface area contributed by atoms with Crippen LogP contribution in [0.25, 0.3) is 21.7 Å². The lowest BCUT2D eigenvalue weighted by atomic mass is 10.0. The first-order valence-corrected chi connectivity index (χ1v) is 9.65. The maximum atomic E-state index is 13.4. The van der Waals surface area contributed by atoms with E-state index >= 15 is 0 Å². The van der Waals surface area contributed by atoms with Crippen LogP contribution in [0.2, 0.25) is 0 Å². The van der Waals surface area contributed by atoms with Crippen LogP contribution in [0.3, 0.4) is 0 Å². The van der Waals surface area contributed by atoms with E-state index in [2.05, 4.69) is 0 Å². The molecule has 0 aliphatic carbocycles. The number of aromatic nitrogens is 1. The van der Waals surface area contributed by atoms with Crippen molar-refractivity contribution in [2.24, 2.45) is 0 Å². The van der Waals surface area contributed by atoms with E-state index in [1.165, 1.54) is 19.2 Å². The summed E-state index contributed by atoms with van der Waals surface area (Å²) in [4.78, 5) is 12.9. The van der Waals surface area contributed by atoms with Gasteiger partial charge in [-0.2, -0.15) is 0 Å². The van der Waals surface area contributed by atoms with E-state index in [0.29, 0.717) is 35.2 Å². The first-order valence-electron chi connectivity index (χ1n) is 9.65. The smallest absolute Gasteiger partial charge is 0.340 e. The maximum absolute atomic E-state index is 13.4. The lowest BCUT2D eigenvalue weighted by molar-refractivity contribution is 0.0389. The van der Waals surface area contributed by atoms with Crippen molar-refractivity contribution in [2.45, 2.75) is 13.5 Å². The number of nitrogens with zero attached hydrogens (tertiary/aromatic N) is 1. The molecule has 1 heterocycles. The summed E-state index contributed by atoms with van der Waals surface area (Å²) in [5.74, 6) is -0.671. The minimum Gasteiger partial charge on any atom is -0.507 e. The van der Waals surface area contributed by atoms with Crippen molar-refractivity contribution in [2.75, 3.05) is 20.3 Å². The number of ether oxygens (including phenoxy) is 2. The van der Waals surface area contributed by atoms with Gasteiger partial charge in [-0.15, -0.1) is 0 Å². The molecule has 1 N–H and O–H groups in total. The molecule has 0 fully saturated rings. The number of phenols is 1. The van der Waals surface area contributed by atoms with Gasteiger partial charge in [0.25, 0.3) is 0 Å². The number of benzene rings is 3. The molecular formula is C24H22FNO4. The number of rotatable bonds is 6. The molecular weight excluding hydrogens is 385 g/mol. The number of phenolic OH excluding ortho intramolecular Hbond substituents is 1. The normalized spacial score (nSPS) is 11.3. The predicted molar refractivity (Wildman–Crippen MR) is 114 cm³/mol. The van der Waals surface area contributed by atoms with E-state index in [9.17, 15) is 14.3 Å². The Hall–Kier alpha value is -3.38. The molecule has 0 amide bonds. The molecule has 154 valence electrons.